The summed E-state index contributed by atoms with van der Waals surface area (Å²) in [4.78, 5) is 11.1. The molecule has 0 amide bonds. The molecule has 0 spiro atoms. The second kappa shape index (κ2) is 10.5. The van der Waals surface area contributed by atoms with Crippen LogP contribution in [0, 0.1) is 0 Å². The van der Waals surface area contributed by atoms with Crippen molar-refractivity contribution in [2.45, 2.75) is 45.4 Å². The number of aromatic hydroxyl groups is 1. The fourth-order valence-electron chi connectivity index (χ4n) is 2.82. The maximum atomic E-state index is 11.1. The van der Waals surface area contributed by atoms with Crippen molar-refractivity contribution in [3.63, 3.8) is 0 Å². The number of carbonyl (C=O) groups excluding carboxylic acids is 1. The number of benzene rings is 2. The van der Waals surface area contributed by atoms with Crippen LogP contribution in [0.5, 0.6) is 5.75 Å². The van der Waals surface area contributed by atoms with Gasteiger partial charge >= 0.3 is 29.6 Å². The number of rotatable bonds is 8. The molecule has 2 aromatic rings. The van der Waals surface area contributed by atoms with E-state index in [1.54, 1.807) is 6.07 Å². The Hall–Kier alpha value is -1.29. The van der Waals surface area contributed by atoms with Crippen molar-refractivity contribution in [3.05, 3.63) is 64.7 Å². The van der Waals surface area contributed by atoms with Crippen molar-refractivity contribution in [1.29, 1.82) is 0 Å². The molecule has 0 saturated carbocycles. The molecule has 0 saturated heterocycles. The third-order valence-corrected chi connectivity index (χ3v) is 4.01. The molecule has 0 aliphatic rings. The van der Waals surface area contributed by atoms with Crippen molar-refractivity contribution in [1.82, 2.24) is 0 Å². The number of carboxylic acids is 1. The molecule has 24 heavy (non-hydrogen) atoms. The molecular weight excluding hydrogens is 311 g/mol. The summed E-state index contributed by atoms with van der Waals surface area (Å²) in [6, 6.07) is 13.4. The normalized spacial score (nSPS) is 10.2. The molecule has 0 fully saturated rings. The van der Waals surface area contributed by atoms with Crippen LogP contribution in [0.1, 0.15) is 48.4 Å². The fourth-order valence-corrected chi connectivity index (χ4v) is 2.82. The Morgan fingerprint density at radius 3 is 2.42 bits per heavy atom. The van der Waals surface area contributed by atoms with Crippen LogP contribution in [-0.2, 0) is 24.1 Å². The van der Waals surface area contributed by atoms with Gasteiger partial charge in [0.2, 0.25) is 0 Å². The van der Waals surface area contributed by atoms with E-state index in [0.717, 1.165) is 36.8 Å². The number of hydrogen-bond donors (Lipinski definition) is 1. The van der Waals surface area contributed by atoms with Crippen molar-refractivity contribution in [3.8, 4) is 5.75 Å². The summed E-state index contributed by atoms with van der Waals surface area (Å²) in [7, 11) is 0. The largest absolute Gasteiger partial charge is 1.00 e. The molecule has 122 valence electrons. The van der Waals surface area contributed by atoms with Crippen molar-refractivity contribution < 1.29 is 44.6 Å². The minimum absolute atomic E-state index is 0. The van der Waals surface area contributed by atoms with E-state index in [9.17, 15) is 15.0 Å². The monoisotopic (exact) mass is 334 g/mol. The molecule has 4 heteroatoms. The molecule has 0 bridgehead atoms. The van der Waals surface area contributed by atoms with Gasteiger partial charge in [0.15, 0.2) is 0 Å². The van der Waals surface area contributed by atoms with Crippen molar-refractivity contribution >= 4 is 5.97 Å². The summed E-state index contributed by atoms with van der Waals surface area (Å²) in [5, 5.41) is 21.5. The number of phenols is 1. The Balaban J connectivity index is 0.00000288. The van der Waals surface area contributed by atoms with Crippen LogP contribution in [0.2, 0.25) is 0 Å². The fraction of sp³-hybridized carbons (Fsp3) is 0.350. The zero-order valence-electron chi connectivity index (χ0n) is 14.5. The molecule has 3 nitrogen and oxygen atoms in total. The average Bonchev–Trinajstić information content (AvgIpc) is 2.51. The number of phenolic OH excluding ortho intramolecular Hbond substituents is 1. The predicted octanol–water partition coefficient (Wildman–Crippen LogP) is 0.0121. The molecule has 0 aliphatic carbocycles. The molecule has 0 aromatic heterocycles. The van der Waals surface area contributed by atoms with Gasteiger partial charge < -0.3 is 15.0 Å². The van der Waals surface area contributed by atoms with Gasteiger partial charge in [-0.05, 0) is 35.6 Å². The summed E-state index contributed by atoms with van der Waals surface area (Å²) >= 11 is 0. The van der Waals surface area contributed by atoms with Crippen molar-refractivity contribution in [2.75, 3.05) is 0 Å². The SMILES string of the molecule is CCCCCc1cc(O)c(Cc2ccccc2)c(CC(=O)[O-])c1.[Na+]. The molecule has 0 unspecified atom stereocenters. The smallest absolute Gasteiger partial charge is 0.550 e. The number of hydrogen-bond acceptors (Lipinski definition) is 3. The zero-order valence-corrected chi connectivity index (χ0v) is 16.5. The second-order valence-electron chi connectivity index (χ2n) is 5.92. The number of aliphatic carboxylic acids is 1. The van der Waals surface area contributed by atoms with Crippen LogP contribution in [0.25, 0.3) is 0 Å². The molecule has 0 atom stereocenters. The van der Waals surface area contributed by atoms with E-state index in [-0.39, 0.29) is 41.7 Å². The summed E-state index contributed by atoms with van der Waals surface area (Å²) < 4.78 is 0. The molecule has 1 N–H and O–H groups in total. The molecule has 0 radical (unpaired) electrons. The first-order valence-electron chi connectivity index (χ1n) is 8.17. The summed E-state index contributed by atoms with van der Waals surface area (Å²) in [6.45, 7) is 2.14. The maximum Gasteiger partial charge on any atom is 1.00 e. The molecule has 2 aromatic carbocycles. The maximum absolute atomic E-state index is 11.1. The first kappa shape index (κ1) is 20.8. The van der Waals surface area contributed by atoms with Gasteiger partial charge in [-0.1, -0.05) is 56.2 Å². The van der Waals surface area contributed by atoms with Crippen LogP contribution in [0.15, 0.2) is 42.5 Å². The third kappa shape index (κ3) is 6.31. The van der Waals surface area contributed by atoms with Gasteiger partial charge in [-0.15, -0.1) is 0 Å². The topological polar surface area (TPSA) is 60.4 Å². The van der Waals surface area contributed by atoms with E-state index in [0.29, 0.717) is 17.5 Å². The Labute approximate surface area is 166 Å². The standard InChI is InChI=1S/C20H24O3.Na/c1-2-3-5-10-16-11-17(14-20(22)23)18(19(21)13-16)12-15-8-6-4-7-9-15;/h4,6-9,11,13,21H,2-3,5,10,12,14H2,1H3,(H,22,23);/q;+1/p-1. The predicted molar refractivity (Wildman–Crippen MR) is 89.3 cm³/mol. The first-order chi connectivity index (χ1) is 11.1. The van der Waals surface area contributed by atoms with Crippen LogP contribution in [-0.4, -0.2) is 11.1 Å². The Morgan fingerprint density at radius 1 is 1.08 bits per heavy atom. The Kier molecular flexibility index (Phi) is 9.12. The quantitative estimate of drug-likeness (QED) is 0.547. The van der Waals surface area contributed by atoms with E-state index in [1.165, 1.54) is 0 Å². The number of aryl methyl sites for hydroxylation is 1. The molecule has 0 aliphatic heterocycles. The Bertz CT molecular complexity index is 653. The van der Waals surface area contributed by atoms with Gasteiger partial charge in [0, 0.05) is 24.4 Å². The summed E-state index contributed by atoms with van der Waals surface area (Å²) in [6.07, 6.45) is 4.50. The van der Waals surface area contributed by atoms with E-state index in [4.69, 9.17) is 0 Å². The van der Waals surface area contributed by atoms with Crippen molar-refractivity contribution in [2.24, 2.45) is 0 Å². The van der Waals surface area contributed by atoms with Gasteiger partial charge in [-0.3, -0.25) is 0 Å². The molecule has 0 heterocycles. The van der Waals surface area contributed by atoms with Gasteiger partial charge in [0.05, 0.1) is 0 Å². The minimum Gasteiger partial charge on any atom is -0.550 e. The second-order valence-corrected chi connectivity index (χ2v) is 5.92. The Morgan fingerprint density at radius 2 is 1.79 bits per heavy atom. The first-order valence-corrected chi connectivity index (χ1v) is 8.17. The molecule has 2 rings (SSSR count). The van der Waals surface area contributed by atoms with Gasteiger partial charge in [-0.2, -0.15) is 0 Å². The van der Waals surface area contributed by atoms with Gasteiger partial charge in [0.25, 0.3) is 0 Å². The van der Waals surface area contributed by atoms with E-state index in [1.807, 2.05) is 36.4 Å². The van der Waals surface area contributed by atoms with Crippen LogP contribution < -0.4 is 34.7 Å². The van der Waals surface area contributed by atoms with E-state index in [2.05, 4.69) is 6.92 Å². The van der Waals surface area contributed by atoms with E-state index >= 15 is 0 Å². The number of carboxylic acid groups (broad SMARTS) is 1. The number of carbonyl (C=O) groups is 1. The van der Waals surface area contributed by atoms with Crippen LogP contribution in [0.3, 0.4) is 0 Å². The number of unbranched alkanes of at least 4 members (excludes halogenated alkanes) is 2. The summed E-state index contributed by atoms with van der Waals surface area (Å²) in [5.74, 6) is -0.941. The zero-order chi connectivity index (χ0) is 16.7. The average molecular weight is 334 g/mol. The van der Waals surface area contributed by atoms with Gasteiger partial charge in [-0.25, -0.2) is 0 Å². The van der Waals surface area contributed by atoms with E-state index < -0.39 is 5.97 Å². The van der Waals surface area contributed by atoms with Gasteiger partial charge in [0.1, 0.15) is 5.75 Å². The minimum atomic E-state index is -1.12. The third-order valence-electron chi connectivity index (χ3n) is 4.01. The summed E-state index contributed by atoms with van der Waals surface area (Å²) in [5.41, 5.74) is 3.37. The molecular formula is C20H23NaO3. The van der Waals surface area contributed by atoms with Crippen LogP contribution in [0.4, 0.5) is 0 Å². The van der Waals surface area contributed by atoms with Crippen LogP contribution >= 0.6 is 0 Å².